The Morgan fingerprint density at radius 3 is 1.68 bits per heavy atom. The Balaban J connectivity index is 1.32. The second kappa shape index (κ2) is 9.15. The average molecular weight is 532 g/mol. The minimum Gasteiger partial charge on any atom is -0.310 e. The van der Waals surface area contributed by atoms with Gasteiger partial charge in [-0.1, -0.05) is 97.2 Å². The maximum atomic E-state index is 4.97. The summed E-state index contributed by atoms with van der Waals surface area (Å²) >= 11 is 1.68. The number of benzene rings is 4. The van der Waals surface area contributed by atoms with Crippen LogP contribution in [0, 0.1) is 0 Å². The number of hydrogen-bond acceptors (Lipinski definition) is 2. The SMILES string of the molecule is C=C1/C=C\C(n2c3ccccc3c3ccccc32)=C/Cc2cc(-n3c4ccccc4c4ccccc43)ncc2S1. The van der Waals surface area contributed by atoms with E-state index in [4.69, 9.17) is 4.98 Å². The zero-order valence-corrected chi connectivity index (χ0v) is 22.6. The third-order valence-corrected chi connectivity index (χ3v) is 8.78. The van der Waals surface area contributed by atoms with Crippen LogP contribution in [-0.2, 0) is 6.42 Å². The Kier molecular flexibility index (Phi) is 5.29. The highest BCUT2D eigenvalue weighted by Crippen LogP contribution is 2.37. The van der Waals surface area contributed by atoms with E-state index in [-0.39, 0.29) is 0 Å². The lowest BCUT2D eigenvalue weighted by atomic mass is 10.1. The van der Waals surface area contributed by atoms with E-state index in [1.54, 1.807) is 11.8 Å². The predicted molar refractivity (Wildman–Crippen MR) is 170 cm³/mol. The molecule has 0 spiro atoms. The molecule has 7 aromatic rings. The van der Waals surface area contributed by atoms with Crippen LogP contribution >= 0.6 is 11.8 Å². The zero-order valence-electron chi connectivity index (χ0n) is 21.8. The molecule has 0 unspecified atom stereocenters. The summed E-state index contributed by atoms with van der Waals surface area (Å²) in [5.74, 6) is 0.932. The standard InChI is InChI=1S/C36H25N3S/c1-24-18-20-26(38-31-14-6-2-10-27(31)28-11-3-7-15-32(28)38)21-19-25-22-36(37-23-35(25)40-24)39-33-16-8-4-12-29(33)30-13-5-9-17-34(30)39/h2-18,20-23H,1,19H2/b20-18-,26-21+. The summed E-state index contributed by atoms with van der Waals surface area (Å²) in [6.45, 7) is 4.36. The van der Waals surface area contributed by atoms with Gasteiger partial charge in [0.25, 0.3) is 0 Å². The lowest BCUT2D eigenvalue weighted by molar-refractivity contribution is 1.02. The highest BCUT2D eigenvalue weighted by molar-refractivity contribution is 8.03. The van der Waals surface area contributed by atoms with E-state index in [1.807, 2.05) is 6.20 Å². The topological polar surface area (TPSA) is 22.8 Å². The molecule has 8 rings (SSSR count). The van der Waals surface area contributed by atoms with Crippen LogP contribution in [0.2, 0.25) is 0 Å². The van der Waals surface area contributed by atoms with Crippen LogP contribution in [0.1, 0.15) is 5.56 Å². The maximum Gasteiger partial charge on any atom is 0.137 e. The molecule has 4 heterocycles. The van der Waals surface area contributed by atoms with Crippen molar-refractivity contribution in [2.45, 2.75) is 11.3 Å². The molecule has 0 amide bonds. The Labute approximate surface area is 236 Å². The highest BCUT2D eigenvalue weighted by Gasteiger charge is 2.17. The molecule has 0 saturated carbocycles. The van der Waals surface area contributed by atoms with Crippen molar-refractivity contribution in [3.05, 3.63) is 145 Å². The van der Waals surface area contributed by atoms with E-state index in [9.17, 15) is 0 Å². The number of aromatic nitrogens is 3. The summed E-state index contributed by atoms with van der Waals surface area (Å²) in [4.78, 5) is 7.10. The van der Waals surface area contributed by atoms with Crippen LogP contribution in [0.15, 0.2) is 144 Å². The van der Waals surface area contributed by atoms with Gasteiger partial charge in [-0.3, -0.25) is 4.57 Å². The summed E-state index contributed by atoms with van der Waals surface area (Å²) in [5.41, 5.74) is 7.12. The van der Waals surface area contributed by atoms with E-state index in [0.29, 0.717) is 0 Å². The zero-order chi connectivity index (χ0) is 26.6. The summed E-state index contributed by atoms with van der Waals surface area (Å²) < 4.78 is 4.66. The molecule has 0 N–H and O–H groups in total. The average Bonchev–Trinajstić information content (AvgIpc) is 3.53. The van der Waals surface area contributed by atoms with Crippen molar-refractivity contribution in [1.29, 1.82) is 0 Å². The number of para-hydroxylation sites is 4. The predicted octanol–water partition coefficient (Wildman–Crippen LogP) is 9.55. The normalized spacial score (nSPS) is 16.0. The molecule has 0 bridgehead atoms. The quantitative estimate of drug-likeness (QED) is 0.222. The summed E-state index contributed by atoms with van der Waals surface area (Å²) in [7, 11) is 0. The molecule has 4 heteroatoms. The molecule has 4 aromatic carbocycles. The molecule has 0 atom stereocenters. The smallest absolute Gasteiger partial charge is 0.137 e. The second-order valence-corrected chi connectivity index (χ2v) is 11.3. The van der Waals surface area contributed by atoms with Crippen LogP contribution < -0.4 is 0 Å². The van der Waals surface area contributed by atoms with Crippen molar-refractivity contribution in [2.75, 3.05) is 0 Å². The number of rotatable bonds is 2. The minimum atomic E-state index is 0.781. The van der Waals surface area contributed by atoms with E-state index < -0.39 is 0 Å². The number of allylic oxidation sites excluding steroid dienone is 4. The lowest BCUT2D eigenvalue weighted by Gasteiger charge is -2.12. The minimum absolute atomic E-state index is 0.781. The summed E-state index contributed by atoms with van der Waals surface area (Å²) in [6.07, 6.45) is 9.44. The number of hydrogen-bond donors (Lipinski definition) is 0. The number of pyridine rings is 1. The van der Waals surface area contributed by atoms with E-state index in [1.165, 1.54) is 49.2 Å². The third kappa shape index (κ3) is 3.57. The number of fused-ring (bicyclic) bond motifs is 7. The van der Waals surface area contributed by atoms with Crippen LogP contribution in [0.3, 0.4) is 0 Å². The van der Waals surface area contributed by atoms with Gasteiger partial charge in [0.05, 0.1) is 22.1 Å². The van der Waals surface area contributed by atoms with E-state index in [2.05, 4.69) is 137 Å². The molecule has 3 aromatic heterocycles. The van der Waals surface area contributed by atoms with Crippen LogP contribution in [0.25, 0.3) is 55.1 Å². The molecule has 0 saturated heterocycles. The van der Waals surface area contributed by atoms with Gasteiger partial charge in [-0.2, -0.15) is 0 Å². The van der Waals surface area contributed by atoms with Crippen LogP contribution in [0.5, 0.6) is 0 Å². The molecular weight excluding hydrogens is 506 g/mol. The molecule has 0 radical (unpaired) electrons. The van der Waals surface area contributed by atoms with Crippen LogP contribution in [0.4, 0.5) is 0 Å². The van der Waals surface area contributed by atoms with Crippen molar-refractivity contribution >= 4 is 61.1 Å². The first-order valence-corrected chi connectivity index (χ1v) is 14.3. The highest BCUT2D eigenvalue weighted by atomic mass is 32.2. The Morgan fingerprint density at radius 1 is 0.625 bits per heavy atom. The molecule has 190 valence electrons. The lowest BCUT2D eigenvalue weighted by Crippen LogP contribution is -2.00. The fourth-order valence-corrected chi connectivity index (χ4v) is 6.81. The van der Waals surface area contributed by atoms with Gasteiger partial charge in [-0.25, -0.2) is 4.98 Å². The van der Waals surface area contributed by atoms with Gasteiger partial charge >= 0.3 is 0 Å². The van der Waals surface area contributed by atoms with Gasteiger partial charge in [-0.05, 0) is 54.5 Å². The maximum absolute atomic E-state index is 4.97. The fraction of sp³-hybridized carbons (Fsp3) is 0.0278. The van der Waals surface area contributed by atoms with Crippen LogP contribution in [-0.4, -0.2) is 14.1 Å². The van der Waals surface area contributed by atoms with Gasteiger partial charge in [0.1, 0.15) is 5.82 Å². The van der Waals surface area contributed by atoms with Crippen molar-refractivity contribution < 1.29 is 0 Å². The van der Waals surface area contributed by atoms with E-state index >= 15 is 0 Å². The van der Waals surface area contributed by atoms with E-state index in [0.717, 1.165) is 27.7 Å². The molecule has 0 aliphatic carbocycles. The first-order chi connectivity index (χ1) is 19.8. The summed E-state index contributed by atoms with van der Waals surface area (Å²) in [6, 6.07) is 36.7. The Bertz CT molecular complexity index is 2080. The van der Waals surface area contributed by atoms with Crippen molar-refractivity contribution in [2.24, 2.45) is 0 Å². The van der Waals surface area contributed by atoms with Gasteiger partial charge < -0.3 is 4.57 Å². The second-order valence-electron chi connectivity index (χ2n) is 10.1. The monoisotopic (exact) mass is 531 g/mol. The Morgan fingerprint density at radius 2 is 1.12 bits per heavy atom. The number of thioether (sulfide) groups is 1. The van der Waals surface area contributed by atoms with Gasteiger partial charge in [0.15, 0.2) is 0 Å². The Hall–Kier alpha value is -4.80. The largest absolute Gasteiger partial charge is 0.310 e. The molecule has 1 aliphatic heterocycles. The van der Waals surface area contributed by atoms with Gasteiger partial charge in [0, 0.05) is 43.2 Å². The van der Waals surface area contributed by atoms with Gasteiger partial charge in [-0.15, -0.1) is 0 Å². The van der Waals surface area contributed by atoms with Crippen molar-refractivity contribution in [3.8, 4) is 5.82 Å². The van der Waals surface area contributed by atoms with Gasteiger partial charge in [0.2, 0.25) is 0 Å². The molecule has 0 fully saturated rings. The van der Waals surface area contributed by atoms with Crippen molar-refractivity contribution in [3.63, 3.8) is 0 Å². The molecule has 40 heavy (non-hydrogen) atoms. The fourth-order valence-electron chi connectivity index (χ4n) is 6.02. The number of nitrogens with zero attached hydrogens (tertiary/aromatic N) is 3. The molecular formula is C36H25N3S. The molecule has 3 nitrogen and oxygen atoms in total. The third-order valence-electron chi connectivity index (χ3n) is 7.79. The first-order valence-electron chi connectivity index (χ1n) is 13.5. The molecule has 1 aliphatic rings. The van der Waals surface area contributed by atoms with Crippen molar-refractivity contribution in [1.82, 2.24) is 14.1 Å². The summed E-state index contributed by atoms with van der Waals surface area (Å²) in [5, 5.41) is 5.00. The first kappa shape index (κ1) is 23.1.